The van der Waals surface area contributed by atoms with Crippen molar-refractivity contribution in [3.63, 3.8) is 0 Å². The van der Waals surface area contributed by atoms with Gasteiger partial charge >= 0.3 is 0 Å². The van der Waals surface area contributed by atoms with Crippen LogP contribution in [0.25, 0.3) is 11.3 Å². The Kier molecular flexibility index (Phi) is 5.30. The molecule has 0 unspecified atom stereocenters. The Morgan fingerprint density at radius 1 is 1.18 bits per heavy atom. The van der Waals surface area contributed by atoms with Crippen LogP contribution in [0.5, 0.6) is 0 Å². The molecule has 146 valence electrons. The number of aromatic nitrogens is 1. The van der Waals surface area contributed by atoms with Gasteiger partial charge in [0.25, 0.3) is 5.91 Å². The Labute approximate surface area is 164 Å². The standard InChI is InChI=1S/C22H25N3O3/c1-25(2)19(20-8-5-11-27-20)14-23-22(26)18-13-21(28-24-18)17-10-9-15-6-3-4-7-16(15)12-17/h5,8-13,19H,3-4,6-7,14H2,1-2H3,(H,23,26)/t19-/m1/s1. The van der Waals surface area contributed by atoms with Gasteiger partial charge in [-0.25, -0.2) is 0 Å². The molecule has 1 aliphatic carbocycles. The second-order valence-corrected chi connectivity index (χ2v) is 7.47. The fourth-order valence-corrected chi connectivity index (χ4v) is 3.70. The molecule has 2 aromatic heterocycles. The van der Waals surface area contributed by atoms with E-state index in [1.165, 1.54) is 24.0 Å². The summed E-state index contributed by atoms with van der Waals surface area (Å²) in [5.41, 5.74) is 4.04. The SMILES string of the molecule is CN(C)[C@H](CNC(=O)c1cc(-c2ccc3c(c2)CCCC3)on1)c1ccco1. The van der Waals surface area contributed by atoms with E-state index in [0.717, 1.165) is 24.2 Å². The molecule has 1 N–H and O–H groups in total. The highest BCUT2D eigenvalue weighted by molar-refractivity contribution is 5.93. The van der Waals surface area contributed by atoms with Crippen LogP contribution in [0.2, 0.25) is 0 Å². The number of likely N-dealkylation sites (N-methyl/N-ethyl adjacent to an activating group) is 1. The zero-order chi connectivity index (χ0) is 19.5. The van der Waals surface area contributed by atoms with Gasteiger partial charge in [0, 0.05) is 18.2 Å². The van der Waals surface area contributed by atoms with Gasteiger partial charge in [0.1, 0.15) is 5.76 Å². The molecule has 0 bridgehead atoms. The van der Waals surface area contributed by atoms with E-state index >= 15 is 0 Å². The predicted octanol–water partition coefficient (Wildman–Crippen LogP) is 3.85. The molecule has 0 radical (unpaired) electrons. The predicted molar refractivity (Wildman–Crippen MR) is 106 cm³/mol. The first-order valence-electron chi connectivity index (χ1n) is 9.69. The topological polar surface area (TPSA) is 71.5 Å². The molecule has 0 aliphatic heterocycles. The second-order valence-electron chi connectivity index (χ2n) is 7.47. The van der Waals surface area contributed by atoms with Crippen molar-refractivity contribution in [1.29, 1.82) is 0 Å². The number of benzene rings is 1. The average Bonchev–Trinajstić information content (AvgIpc) is 3.40. The van der Waals surface area contributed by atoms with Gasteiger partial charge in [-0.3, -0.25) is 9.69 Å². The molecule has 0 saturated carbocycles. The van der Waals surface area contributed by atoms with Gasteiger partial charge in [-0.05, 0) is 69.1 Å². The number of amides is 1. The number of nitrogens with one attached hydrogen (secondary N) is 1. The molecular formula is C22H25N3O3. The third-order valence-corrected chi connectivity index (χ3v) is 5.33. The molecule has 1 aromatic carbocycles. The largest absolute Gasteiger partial charge is 0.468 e. The fourth-order valence-electron chi connectivity index (χ4n) is 3.70. The monoisotopic (exact) mass is 379 g/mol. The van der Waals surface area contributed by atoms with Crippen molar-refractivity contribution in [3.05, 3.63) is 65.2 Å². The van der Waals surface area contributed by atoms with E-state index in [2.05, 4.69) is 22.6 Å². The zero-order valence-corrected chi connectivity index (χ0v) is 16.3. The van der Waals surface area contributed by atoms with Gasteiger partial charge in [-0.2, -0.15) is 0 Å². The minimum Gasteiger partial charge on any atom is -0.468 e. The van der Waals surface area contributed by atoms with Crippen molar-refractivity contribution in [1.82, 2.24) is 15.4 Å². The summed E-state index contributed by atoms with van der Waals surface area (Å²) in [7, 11) is 3.90. The maximum absolute atomic E-state index is 12.5. The Hall–Kier alpha value is -2.86. The number of furan rings is 1. The second kappa shape index (κ2) is 8.02. The normalized spacial score (nSPS) is 14.7. The highest BCUT2D eigenvalue weighted by Crippen LogP contribution is 2.28. The maximum atomic E-state index is 12.5. The quantitative estimate of drug-likeness (QED) is 0.704. The number of aryl methyl sites for hydroxylation is 2. The van der Waals surface area contributed by atoms with Crippen LogP contribution in [-0.2, 0) is 12.8 Å². The first-order valence-corrected chi connectivity index (χ1v) is 9.69. The smallest absolute Gasteiger partial charge is 0.273 e. The van der Waals surface area contributed by atoms with Crippen LogP contribution >= 0.6 is 0 Å². The number of hydrogen-bond donors (Lipinski definition) is 1. The summed E-state index contributed by atoms with van der Waals surface area (Å²) in [5, 5.41) is 6.89. The third kappa shape index (κ3) is 3.87. The van der Waals surface area contributed by atoms with Gasteiger partial charge < -0.3 is 14.3 Å². The van der Waals surface area contributed by atoms with E-state index in [1.807, 2.05) is 37.2 Å². The number of carbonyl (C=O) groups is 1. The number of nitrogens with zero attached hydrogens (tertiary/aromatic N) is 2. The molecule has 2 heterocycles. The number of carbonyl (C=O) groups excluding carboxylic acids is 1. The van der Waals surface area contributed by atoms with Crippen molar-refractivity contribution in [2.45, 2.75) is 31.7 Å². The first-order chi connectivity index (χ1) is 13.6. The van der Waals surface area contributed by atoms with E-state index in [-0.39, 0.29) is 17.6 Å². The van der Waals surface area contributed by atoms with Crippen LogP contribution in [0.4, 0.5) is 0 Å². The van der Waals surface area contributed by atoms with Gasteiger partial charge in [0.05, 0.1) is 12.3 Å². The number of rotatable bonds is 6. The molecule has 4 rings (SSSR count). The molecule has 6 heteroatoms. The lowest BCUT2D eigenvalue weighted by molar-refractivity contribution is 0.0930. The lowest BCUT2D eigenvalue weighted by Crippen LogP contribution is -2.34. The molecule has 0 saturated heterocycles. The molecule has 6 nitrogen and oxygen atoms in total. The number of hydrogen-bond acceptors (Lipinski definition) is 5. The van der Waals surface area contributed by atoms with E-state index in [0.29, 0.717) is 12.3 Å². The van der Waals surface area contributed by atoms with Crippen LogP contribution in [0.3, 0.4) is 0 Å². The summed E-state index contributed by atoms with van der Waals surface area (Å²) < 4.78 is 10.9. The van der Waals surface area contributed by atoms with E-state index in [1.54, 1.807) is 12.3 Å². The van der Waals surface area contributed by atoms with Crippen molar-refractivity contribution >= 4 is 5.91 Å². The summed E-state index contributed by atoms with van der Waals surface area (Å²) in [6.45, 7) is 0.417. The Bertz CT molecular complexity index is 944. The van der Waals surface area contributed by atoms with Crippen molar-refractivity contribution in [2.75, 3.05) is 20.6 Å². The summed E-state index contributed by atoms with van der Waals surface area (Å²) in [4.78, 5) is 14.5. The van der Waals surface area contributed by atoms with Gasteiger partial charge in [-0.1, -0.05) is 17.3 Å². The van der Waals surface area contributed by atoms with E-state index < -0.39 is 0 Å². The van der Waals surface area contributed by atoms with Crippen molar-refractivity contribution in [2.24, 2.45) is 0 Å². The van der Waals surface area contributed by atoms with Gasteiger partial charge in [0.15, 0.2) is 11.5 Å². The van der Waals surface area contributed by atoms with Gasteiger partial charge in [-0.15, -0.1) is 0 Å². The molecule has 1 amide bonds. The summed E-state index contributed by atoms with van der Waals surface area (Å²) in [5.74, 6) is 1.17. The number of fused-ring (bicyclic) bond motifs is 1. The van der Waals surface area contributed by atoms with Crippen LogP contribution in [0.15, 0.2) is 51.6 Å². The molecule has 0 spiro atoms. The van der Waals surface area contributed by atoms with Crippen LogP contribution < -0.4 is 5.32 Å². The molecule has 3 aromatic rings. The lowest BCUT2D eigenvalue weighted by Gasteiger charge is -2.22. The van der Waals surface area contributed by atoms with Crippen LogP contribution in [-0.4, -0.2) is 36.6 Å². The maximum Gasteiger partial charge on any atom is 0.273 e. The molecule has 1 atom stereocenters. The fraction of sp³-hybridized carbons (Fsp3) is 0.364. The molecule has 28 heavy (non-hydrogen) atoms. The average molecular weight is 379 g/mol. The van der Waals surface area contributed by atoms with Crippen LogP contribution in [0.1, 0.15) is 46.3 Å². The molecule has 1 aliphatic rings. The summed E-state index contributed by atoms with van der Waals surface area (Å²) >= 11 is 0. The Morgan fingerprint density at radius 3 is 2.75 bits per heavy atom. The Morgan fingerprint density at radius 2 is 2.00 bits per heavy atom. The van der Waals surface area contributed by atoms with Gasteiger partial charge in [0.2, 0.25) is 0 Å². The zero-order valence-electron chi connectivity index (χ0n) is 16.3. The molecule has 0 fully saturated rings. The van der Waals surface area contributed by atoms with E-state index in [4.69, 9.17) is 8.94 Å². The minimum absolute atomic E-state index is 0.0500. The Balaban J connectivity index is 1.44. The highest BCUT2D eigenvalue weighted by atomic mass is 16.5. The molecular weight excluding hydrogens is 354 g/mol. The minimum atomic E-state index is -0.258. The van der Waals surface area contributed by atoms with Crippen molar-refractivity contribution in [3.8, 4) is 11.3 Å². The summed E-state index contributed by atoms with van der Waals surface area (Å²) in [6.07, 6.45) is 6.36. The van der Waals surface area contributed by atoms with Crippen LogP contribution in [0, 0.1) is 0 Å². The van der Waals surface area contributed by atoms with E-state index in [9.17, 15) is 4.79 Å². The van der Waals surface area contributed by atoms with Crippen molar-refractivity contribution < 1.29 is 13.7 Å². The highest BCUT2D eigenvalue weighted by Gasteiger charge is 2.20. The first kappa shape index (κ1) is 18.5. The third-order valence-electron chi connectivity index (χ3n) is 5.33. The lowest BCUT2D eigenvalue weighted by atomic mass is 9.90. The summed E-state index contributed by atoms with van der Waals surface area (Å²) in [6, 6.07) is 11.8.